The Kier molecular flexibility index (Phi) is 3.79. The van der Waals surface area contributed by atoms with Gasteiger partial charge in [0.2, 0.25) is 0 Å². The quantitative estimate of drug-likeness (QED) is 0.925. The third-order valence-corrected chi connectivity index (χ3v) is 5.07. The lowest BCUT2D eigenvalue weighted by Crippen LogP contribution is -2.40. The molecule has 20 heavy (non-hydrogen) atoms. The highest BCUT2D eigenvalue weighted by Crippen LogP contribution is 2.29. The fraction of sp³-hybridized carbons (Fsp3) is 0.588. The summed E-state index contributed by atoms with van der Waals surface area (Å²) in [6.45, 7) is 7.80. The van der Waals surface area contributed by atoms with Crippen LogP contribution in [-0.2, 0) is 6.54 Å². The highest BCUT2D eigenvalue weighted by molar-refractivity contribution is 5.42. The molecule has 1 aliphatic rings. The van der Waals surface area contributed by atoms with Gasteiger partial charge in [-0.25, -0.2) is 4.98 Å². The van der Waals surface area contributed by atoms with E-state index in [1.54, 1.807) is 0 Å². The second-order valence-electron chi connectivity index (χ2n) is 6.33. The van der Waals surface area contributed by atoms with Gasteiger partial charge in [0.05, 0.1) is 11.4 Å². The summed E-state index contributed by atoms with van der Waals surface area (Å²) in [6, 6.07) is 6.83. The van der Waals surface area contributed by atoms with Crippen LogP contribution in [-0.4, -0.2) is 15.4 Å². The highest BCUT2D eigenvalue weighted by atomic mass is 15.0. The summed E-state index contributed by atoms with van der Waals surface area (Å²) in [7, 11) is 0. The number of aryl methyl sites for hydroxylation is 1. The minimum absolute atomic E-state index is 0.646. The highest BCUT2D eigenvalue weighted by Gasteiger charge is 2.26. The van der Waals surface area contributed by atoms with Gasteiger partial charge in [-0.1, -0.05) is 32.8 Å². The normalized spacial score (nSPS) is 27.1. The number of nitrogens with one attached hydrogen (secondary N) is 1. The molecular formula is C17H25N3. The summed E-state index contributed by atoms with van der Waals surface area (Å²) in [4.78, 5) is 4.63. The van der Waals surface area contributed by atoms with E-state index in [2.05, 4.69) is 53.8 Å². The van der Waals surface area contributed by atoms with E-state index < -0.39 is 0 Å². The van der Waals surface area contributed by atoms with Crippen LogP contribution >= 0.6 is 0 Å². The monoisotopic (exact) mass is 271 g/mol. The predicted molar refractivity (Wildman–Crippen MR) is 82.7 cm³/mol. The van der Waals surface area contributed by atoms with Crippen molar-refractivity contribution in [3.63, 3.8) is 0 Å². The number of hydrogen-bond donors (Lipinski definition) is 1. The summed E-state index contributed by atoms with van der Waals surface area (Å²) in [6.07, 6.45) is 6.16. The maximum atomic E-state index is 4.63. The lowest BCUT2D eigenvalue weighted by Gasteiger charge is -2.34. The van der Waals surface area contributed by atoms with Crippen molar-refractivity contribution in [3.05, 3.63) is 35.8 Å². The molecule has 108 valence electrons. The van der Waals surface area contributed by atoms with Gasteiger partial charge >= 0.3 is 0 Å². The number of nitrogens with zero attached hydrogens (tertiary/aromatic N) is 2. The third kappa shape index (κ3) is 2.47. The zero-order chi connectivity index (χ0) is 14.1. The van der Waals surface area contributed by atoms with Crippen molar-refractivity contribution >= 4 is 5.65 Å². The van der Waals surface area contributed by atoms with Gasteiger partial charge in [-0.3, -0.25) is 0 Å². The molecule has 0 aromatic carbocycles. The van der Waals surface area contributed by atoms with E-state index in [9.17, 15) is 0 Å². The van der Waals surface area contributed by atoms with E-state index in [0.29, 0.717) is 6.04 Å². The molecule has 3 atom stereocenters. The SMILES string of the molecule is Cc1nc2ccccn2c1CNC1CCCC(C)C1C. The van der Waals surface area contributed by atoms with Crippen LogP contribution < -0.4 is 5.32 Å². The van der Waals surface area contributed by atoms with Crippen LogP contribution in [0.2, 0.25) is 0 Å². The van der Waals surface area contributed by atoms with Crippen molar-refractivity contribution in [3.8, 4) is 0 Å². The maximum Gasteiger partial charge on any atom is 0.137 e. The third-order valence-electron chi connectivity index (χ3n) is 5.07. The molecule has 1 N–H and O–H groups in total. The number of hydrogen-bond acceptors (Lipinski definition) is 2. The smallest absolute Gasteiger partial charge is 0.137 e. The van der Waals surface area contributed by atoms with Crippen molar-refractivity contribution in [1.82, 2.24) is 14.7 Å². The Labute approximate surface area is 121 Å². The van der Waals surface area contributed by atoms with E-state index in [0.717, 1.165) is 29.7 Å². The van der Waals surface area contributed by atoms with Gasteiger partial charge in [0.25, 0.3) is 0 Å². The number of fused-ring (bicyclic) bond motifs is 1. The molecule has 1 aliphatic carbocycles. The summed E-state index contributed by atoms with van der Waals surface area (Å²) < 4.78 is 2.21. The first-order valence-corrected chi connectivity index (χ1v) is 7.82. The molecule has 0 saturated heterocycles. The van der Waals surface area contributed by atoms with Crippen molar-refractivity contribution in [2.24, 2.45) is 11.8 Å². The summed E-state index contributed by atoms with van der Waals surface area (Å²) in [5.74, 6) is 1.60. The minimum atomic E-state index is 0.646. The van der Waals surface area contributed by atoms with Crippen molar-refractivity contribution in [2.75, 3.05) is 0 Å². The van der Waals surface area contributed by atoms with Crippen LogP contribution in [0.4, 0.5) is 0 Å². The van der Waals surface area contributed by atoms with E-state index in [1.165, 1.54) is 25.0 Å². The molecule has 0 spiro atoms. The minimum Gasteiger partial charge on any atom is -0.308 e. The van der Waals surface area contributed by atoms with Crippen LogP contribution in [0, 0.1) is 18.8 Å². The zero-order valence-corrected chi connectivity index (χ0v) is 12.8. The summed E-state index contributed by atoms with van der Waals surface area (Å²) >= 11 is 0. The van der Waals surface area contributed by atoms with Gasteiger partial charge in [-0.05, 0) is 37.3 Å². The molecule has 3 unspecified atom stereocenters. The van der Waals surface area contributed by atoms with E-state index in [4.69, 9.17) is 0 Å². The molecule has 0 bridgehead atoms. The predicted octanol–water partition coefficient (Wildman–Crippen LogP) is 3.56. The molecule has 1 saturated carbocycles. The van der Waals surface area contributed by atoms with E-state index in [-0.39, 0.29) is 0 Å². The molecule has 0 radical (unpaired) electrons. The number of rotatable bonds is 3. The number of aromatic nitrogens is 2. The molecule has 3 nitrogen and oxygen atoms in total. The van der Waals surface area contributed by atoms with Crippen LogP contribution in [0.5, 0.6) is 0 Å². The standard InChI is InChI=1S/C17H25N3/c1-12-7-6-8-15(13(12)2)18-11-16-14(3)19-17-9-4-5-10-20(16)17/h4-5,9-10,12-13,15,18H,6-8,11H2,1-3H3. The van der Waals surface area contributed by atoms with Gasteiger partial charge in [-0.2, -0.15) is 0 Å². The Morgan fingerprint density at radius 1 is 1.30 bits per heavy atom. The largest absolute Gasteiger partial charge is 0.308 e. The summed E-state index contributed by atoms with van der Waals surface area (Å²) in [5.41, 5.74) is 3.48. The lowest BCUT2D eigenvalue weighted by molar-refractivity contribution is 0.205. The Hall–Kier alpha value is -1.35. The average Bonchev–Trinajstić information content (AvgIpc) is 2.76. The summed E-state index contributed by atoms with van der Waals surface area (Å²) in [5, 5.41) is 3.78. The van der Waals surface area contributed by atoms with Crippen LogP contribution in [0.15, 0.2) is 24.4 Å². The van der Waals surface area contributed by atoms with Gasteiger partial charge in [-0.15, -0.1) is 0 Å². The number of pyridine rings is 1. The van der Waals surface area contributed by atoms with Crippen LogP contribution in [0.3, 0.4) is 0 Å². The van der Waals surface area contributed by atoms with Crippen molar-refractivity contribution < 1.29 is 0 Å². The molecular weight excluding hydrogens is 246 g/mol. The fourth-order valence-corrected chi connectivity index (χ4v) is 3.48. The molecule has 1 fully saturated rings. The van der Waals surface area contributed by atoms with Gasteiger partial charge in [0, 0.05) is 18.8 Å². The Balaban J connectivity index is 1.75. The maximum absolute atomic E-state index is 4.63. The molecule has 0 aliphatic heterocycles. The molecule has 2 heterocycles. The van der Waals surface area contributed by atoms with Crippen LogP contribution in [0.1, 0.15) is 44.5 Å². The van der Waals surface area contributed by atoms with Gasteiger partial charge in [0.1, 0.15) is 5.65 Å². The average molecular weight is 271 g/mol. The second kappa shape index (κ2) is 5.57. The first-order chi connectivity index (χ1) is 9.66. The zero-order valence-electron chi connectivity index (χ0n) is 12.8. The van der Waals surface area contributed by atoms with E-state index >= 15 is 0 Å². The molecule has 3 heteroatoms. The Morgan fingerprint density at radius 3 is 3.00 bits per heavy atom. The second-order valence-corrected chi connectivity index (χ2v) is 6.33. The number of imidazole rings is 1. The van der Waals surface area contributed by atoms with Crippen LogP contribution in [0.25, 0.3) is 5.65 Å². The first-order valence-electron chi connectivity index (χ1n) is 7.82. The molecule has 3 rings (SSSR count). The van der Waals surface area contributed by atoms with Crippen molar-refractivity contribution in [1.29, 1.82) is 0 Å². The van der Waals surface area contributed by atoms with Gasteiger partial charge in [0.15, 0.2) is 0 Å². The molecule has 2 aromatic heterocycles. The topological polar surface area (TPSA) is 29.3 Å². The first kappa shape index (κ1) is 13.6. The fourth-order valence-electron chi connectivity index (χ4n) is 3.48. The lowest BCUT2D eigenvalue weighted by atomic mass is 9.78. The molecule has 0 amide bonds. The van der Waals surface area contributed by atoms with Gasteiger partial charge < -0.3 is 9.72 Å². The molecule has 2 aromatic rings. The van der Waals surface area contributed by atoms with E-state index in [1.807, 2.05) is 6.07 Å². The Morgan fingerprint density at radius 2 is 2.15 bits per heavy atom. The van der Waals surface area contributed by atoms with Crippen molar-refractivity contribution in [2.45, 2.75) is 52.6 Å². The Bertz CT molecular complexity index is 587.